The molecule has 314 valence electrons. The number of ether oxygens (including phenoxy) is 16. The predicted molar refractivity (Wildman–Crippen MR) is 201 cm³/mol. The minimum absolute atomic E-state index is 0.503. The standard InChI is InChI=1S/C34H68Br2O16/c35-1-3-37-5-7-39-9-11-41-13-15-43-17-19-45-21-23-47-25-27-49-29-31-51-33-34-52-32-30-50-28-26-48-24-22-46-20-18-44-16-14-42-12-10-40-8-6-38-4-2-36/h1-34H2. The van der Waals surface area contributed by atoms with Crippen LogP contribution in [0.1, 0.15) is 0 Å². The van der Waals surface area contributed by atoms with Crippen LogP contribution in [0.3, 0.4) is 0 Å². The Morgan fingerprint density at radius 3 is 0.288 bits per heavy atom. The van der Waals surface area contributed by atoms with Crippen molar-refractivity contribution in [2.75, 3.05) is 222 Å². The molecule has 0 saturated carbocycles. The van der Waals surface area contributed by atoms with Crippen molar-refractivity contribution in [2.45, 2.75) is 0 Å². The maximum atomic E-state index is 5.49. The number of alkyl halides is 2. The van der Waals surface area contributed by atoms with Gasteiger partial charge in [0.2, 0.25) is 0 Å². The van der Waals surface area contributed by atoms with Crippen LogP contribution in [-0.4, -0.2) is 222 Å². The van der Waals surface area contributed by atoms with Crippen molar-refractivity contribution in [1.82, 2.24) is 0 Å². The lowest BCUT2D eigenvalue weighted by molar-refractivity contribution is -0.0303. The Hall–Kier alpha value is 0.320. The van der Waals surface area contributed by atoms with Gasteiger partial charge in [0.15, 0.2) is 0 Å². The monoisotopic (exact) mass is 890 g/mol. The van der Waals surface area contributed by atoms with Crippen molar-refractivity contribution >= 4 is 31.9 Å². The van der Waals surface area contributed by atoms with Crippen LogP contribution < -0.4 is 0 Å². The molecule has 0 aromatic carbocycles. The molecule has 0 spiro atoms. The van der Waals surface area contributed by atoms with Gasteiger partial charge in [0, 0.05) is 10.7 Å². The number of rotatable bonds is 49. The van der Waals surface area contributed by atoms with E-state index in [4.69, 9.17) is 75.8 Å². The third-order valence-corrected chi connectivity index (χ3v) is 6.67. The minimum atomic E-state index is 0.503. The van der Waals surface area contributed by atoms with Crippen LogP contribution in [0.25, 0.3) is 0 Å². The van der Waals surface area contributed by atoms with Gasteiger partial charge in [0.25, 0.3) is 0 Å². The van der Waals surface area contributed by atoms with Gasteiger partial charge in [0.1, 0.15) is 0 Å². The second-order valence-corrected chi connectivity index (χ2v) is 11.8. The summed E-state index contributed by atoms with van der Waals surface area (Å²) < 4.78 is 87.1. The summed E-state index contributed by atoms with van der Waals surface area (Å²) in [5.74, 6) is 0. The highest BCUT2D eigenvalue weighted by Gasteiger charge is 1.98. The maximum absolute atomic E-state index is 5.49. The minimum Gasteiger partial charge on any atom is -0.378 e. The zero-order chi connectivity index (χ0) is 37.4. The summed E-state index contributed by atoms with van der Waals surface area (Å²) in [5.41, 5.74) is 0. The van der Waals surface area contributed by atoms with Crippen LogP contribution in [0, 0.1) is 0 Å². The molecular formula is C34H68Br2O16. The lowest BCUT2D eigenvalue weighted by Crippen LogP contribution is -2.16. The Labute approximate surface area is 328 Å². The average molecular weight is 893 g/mol. The van der Waals surface area contributed by atoms with E-state index in [0.717, 1.165) is 10.7 Å². The lowest BCUT2D eigenvalue weighted by atomic mass is 10.6. The summed E-state index contributed by atoms with van der Waals surface area (Å²) in [6, 6.07) is 0. The van der Waals surface area contributed by atoms with E-state index in [0.29, 0.717) is 211 Å². The van der Waals surface area contributed by atoms with Gasteiger partial charge in [0.05, 0.1) is 211 Å². The van der Waals surface area contributed by atoms with Crippen LogP contribution >= 0.6 is 31.9 Å². The quantitative estimate of drug-likeness (QED) is 0.0648. The summed E-state index contributed by atoms with van der Waals surface area (Å²) >= 11 is 6.60. The molecule has 0 aliphatic heterocycles. The molecule has 0 unspecified atom stereocenters. The van der Waals surface area contributed by atoms with E-state index < -0.39 is 0 Å². The van der Waals surface area contributed by atoms with Gasteiger partial charge < -0.3 is 75.8 Å². The first-order valence-electron chi connectivity index (χ1n) is 18.3. The summed E-state index contributed by atoms with van der Waals surface area (Å²) in [6.07, 6.45) is 0. The van der Waals surface area contributed by atoms with Gasteiger partial charge in [-0.05, 0) is 0 Å². The summed E-state index contributed by atoms with van der Waals surface area (Å²) in [6.45, 7) is 17.2. The highest BCUT2D eigenvalue weighted by molar-refractivity contribution is 9.09. The third kappa shape index (κ3) is 50.3. The first-order chi connectivity index (χ1) is 25.9. The predicted octanol–water partition coefficient (Wildman–Crippen LogP) is 2.04. The van der Waals surface area contributed by atoms with Gasteiger partial charge in [-0.3, -0.25) is 0 Å². The fourth-order valence-corrected chi connectivity index (χ4v) is 3.97. The van der Waals surface area contributed by atoms with Crippen LogP contribution in [0.15, 0.2) is 0 Å². The highest BCUT2D eigenvalue weighted by atomic mass is 79.9. The molecule has 0 saturated heterocycles. The average Bonchev–Trinajstić information content (AvgIpc) is 3.16. The summed E-state index contributed by atoms with van der Waals surface area (Å²) in [5, 5.41) is 1.67. The topological polar surface area (TPSA) is 148 Å². The largest absolute Gasteiger partial charge is 0.378 e. The van der Waals surface area contributed by atoms with Gasteiger partial charge in [-0.2, -0.15) is 0 Å². The molecule has 0 bridgehead atoms. The Morgan fingerprint density at radius 2 is 0.212 bits per heavy atom. The van der Waals surface area contributed by atoms with Crippen molar-refractivity contribution in [1.29, 1.82) is 0 Å². The van der Waals surface area contributed by atoms with Crippen molar-refractivity contribution in [3.05, 3.63) is 0 Å². The molecule has 0 aromatic heterocycles. The van der Waals surface area contributed by atoms with Crippen LogP contribution in [0.5, 0.6) is 0 Å². The molecule has 0 radical (unpaired) electrons. The van der Waals surface area contributed by atoms with Crippen molar-refractivity contribution in [2.24, 2.45) is 0 Å². The van der Waals surface area contributed by atoms with Crippen molar-refractivity contribution in [3.63, 3.8) is 0 Å². The Morgan fingerprint density at radius 1 is 0.135 bits per heavy atom. The zero-order valence-electron chi connectivity index (χ0n) is 31.3. The first kappa shape index (κ1) is 52.3. The summed E-state index contributed by atoms with van der Waals surface area (Å²) in [7, 11) is 0. The zero-order valence-corrected chi connectivity index (χ0v) is 34.5. The Balaban J connectivity index is 3.04. The van der Waals surface area contributed by atoms with E-state index in [1.54, 1.807) is 0 Å². The first-order valence-corrected chi connectivity index (χ1v) is 20.5. The molecule has 0 fully saturated rings. The van der Waals surface area contributed by atoms with Crippen molar-refractivity contribution in [3.8, 4) is 0 Å². The van der Waals surface area contributed by atoms with Gasteiger partial charge in [-0.25, -0.2) is 0 Å². The van der Waals surface area contributed by atoms with E-state index >= 15 is 0 Å². The van der Waals surface area contributed by atoms with E-state index in [1.165, 1.54) is 0 Å². The molecule has 0 atom stereocenters. The molecule has 0 aliphatic rings. The molecule has 0 amide bonds. The van der Waals surface area contributed by atoms with Crippen LogP contribution in [0.4, 0.5) is 0 Å². The number of hydrogen-bond acceptors (Lipinski definition) is 16. The van der Waals surface area contributed by atoms with E-state index in [-0.39, 0.29) is 0 Å². The second kappa shape index (κ2) is 51.3. The molecule has 0 heterocycles. The van der Waals surface area contributed by atoms with Gasteiger partial charge in [-0.1, -0.05) is 31.9 Å². The Kier molecular flexibility index (Phi) is 51.6. The van der Waals surface area contributed by atoms with E-state index in [1.807, 2.05) is 0 Å². The fourth-order valence-electron chi connectivity index (χ4n) is 3.51. The maximum Gasteiger partial charge on any atom is 0.0701 e. The second-order valence-electron chi connectivity index (χ2n) is 10.2. The van der Waals surface area contributed by atoms with Gasteiger partial charge in [-0.15, -0.1) is 0 Å². The smallest absolute Gasteiger partial charge is 0.0701 e. The molecule has 18 heteroatoms. The van der Waals surface area contributed by atoms with Crippen molar-refractivity contribution < 1.29 is 75.8 Å². The lowest BCUT2D eigenvalue weighted by Gasteiger charge is -2.09. The SMILES string of the molecule is BrCCOCCOCCOCCOCCOCCOCCOCCOCCOCCOCCOCCOCCOCCOCCOCCOCCBr. The molecular weight excluding hydrogens is 824 g/mol. The van der Waals surface area contributed by atoms with E-state index in [2.05, 4.69) is 31.9 Å². The molecule has 0 N–H and O–H groups in total. The normalized spacial score (nSPS) is 11.7. The molecule has 16 nitrogen and oxygen atoms in total. The molecule has 52 heavy (non-hydrogen) atoms. The summed E-state index contributed by atoms with van der Waals surface area (Å²) in [4.78, 5) is 0. The number of hydrogen-bond donors (Lipinski definition) is 0. The van der Waals surface area contributed by atoms with Crippen LogP contribution in [-0.2, 0) is 75.8 Å². The molecule has 0 rings (SSSR count). The molecule has 0 aliphatic carbocycles. The van der Waals surface area contributed by atoms with Crippen LogP contribution in [0.2, 0.25) is 0 Å². The van der Waals surface area contributed by atoms with E-state index in [9.17, 15) is 0 Å². The highest BCUT2D eigenvalue weighted by Crippen LogP contribution is 1.89. The third-order valence-electron chi connectivity index (χ3n) is 6.02. The fraction of sp³-hybridized carbons (Fsp3) is 1.00. The number of halogens is 2. The van der Waals surface area contributed by atoms with Gasteiger partial charge >= 0.3 is 0 Å². The molecule has 0 aromatic rings. The Bertz CT molecular complexity index is 572.